The summed E-state index contributed by atoms with van der Waals surface area (Å²) in [6.07, 6.45) is 0. The van der Waals surface area contributed by atoms with E-state index in [4.69, 9.17) is 27.9 Å². The van der Waals surface area contributed by atoms with Crippen LogP contribution in [-0.2, 0) is 4.79 Å². The molecule has 1 atom stereocenters. The maximum Gasteiger partial charge on any atom is 0.239 e. The van der Waals surface area contributed by atoms with Crippen LogP contribution in [0.5, 0.6) is 5.75 Å². The van der Waals surface area contributed by atoms with Crippen molar-refractivity contribution >= 4 is 57.3 Å². The lowest BCUT2D eigenvalue weighted by molar-refractivity contribution is -0.115. The molecule has 0 aliphatic heterocycles. The second-order valence-corrected chi connectivity index (χ2v) is 10.3. The molecule has 2 aromatic carbocycles. The number of anilines is 1. The molecule has 0 aliphatic carbocycles. The van der Waals surface area contributed by atoms with Crippen LogP contribution in [-0.4, -0.2) is 28.2 Å². The smallest absolute Gasteiger partial charge is 0.239 e. The van der Waals surface area contributed by atoms with Crippen LogP contribution in [0.2, 0.25) is 10.0 Å². The molecule has 0 saturated carbocycles. The van der Waals surface area contributed by atoms with Crippen molar-refractivity contribution in [2.45, 2.75) is 17.2 Å². The van der Waals surface area contributed by atoms with Gasteiger partial charge in [-0.05, 0) is 55.5 Å². The van der Waals surface area contributed by atoms with Crippen molar-refractivity contribution < 1.29 is 9.53 Å². The van der Waals surface area contributed by atoms with Crippen LogP contribution in [0.3, 0.4) is 0 Å². The van der Waals surface area contributed by atoms with Gasteiger partial charge in [0.2, 0.25) is 5.91 Å². The second-order valence-electron chi connectivity index (χ2n) is 7.31. The molecular formula is C25H18Cl2N4O2S2. The zero-order valence-electron chi connectivity index (χ0n) is 18.6. The maximum atomic E-state index is 12.9. The molecule has 0 spiro atoms. The third kappa shape index (κ3) is 5.95. The lowest BCUT2D eigenvalue weighted by atomic mass is 10.1. The Balaban J connectivity index is 1.47. The number of nitriles is 1. The van der Waals surface area contributed by atoms with E-state index in [1.54, 1.807) is 38.3 Å². The minimum absolute atomic E-state index is 0.245. The highest BCUT2D eigenvalue weighted by Crippen LogP contribution is 2.32. The van der Waals surface area contributed by atoms with Crippen LogP contribution >= 0.6 is 46.3 Å². The molecule has 0 saturated heterocycles. The molecule has 0 fully saturated rings. The number of pyridine rings is 1. The van der Waals surface area contributed by atoms with E-state index in [9.17, 15) is 10.1 Å². The molecule has 1 amide bonds. The van der Waals surface area contributed by atoms with Gasteiger partial charge in [0, 0.05) is 16.5 Å². The maximum absolute atomic E-state index is 12.9. The molecule has 1 N–H and O–H groups in total. The fourth-order valence-corrected chi connectivity index (χ4v) is 5.00. The molecule has 176 valence electrons. The highest BCUT2D eigenvalue weighted by atomic mass is 35.5. The van der Waals surface area contributed by atoms with Gasteiger partial charge in [0.25, 0.3) is 0 Å². The van der Waals surface area contributed by atoms with E-state index in [1.807, 2.05) is 35.7 Å². The highest BCUT2D eigenvalue weighted by Gasteiger charge is 2.20. The summed E-state index contributed by atoms with van der Waals surface area (Å²) in [7, 11) is 1.61. The number of aromatic nitrogens is 2. The highest BCUT2D eigenvalue weighted by molar-refractivity contribution is 8.00. The molecule has 2 heterocycles. The molecule has 2 aromatic heterocycles. The number of benzene rings is 2. The van der Waals surface area contributed by atoms with Gasteiger partial charge >= 0.3 is 0 Å². The van der Waals surface area contributed by atoms with Crippen LogP contribution in [0.1, 0.15) is 12.5 Å². The summed E-state index contributed by atoms with van der Waals surface area (Å²) in [6.45, 7) is 1.76. The number of nitrogens with zero attached hydrogens (tertiary/aromatic N) is 3. The van der Waals surface area contributed by atoms with Gasteiger partial charge in [-0.15, -0.1) is 11.3 Å². The normalized spacial score (nSPS) is 11.5. The Hall–Kier alpha value is -3.09. The lowest BCUT2D eigenvalue weighted by Crippen LogP contribution is -2.22. The van der Waals surface area contributed by atoms with Crippen LogP contribution in [0.15, 0.2) is 65.0 Å². The molecule has 4 rings (SSSR count). The summed E-state index contributed by atoms with van der Waals surface area (Å²) in [5.41, 5.74) is 3.48. The van der Waals surface area contributed by atoms with E-state index in [0.717, 1.165) is 16.9 Å². The predicted molar refractivity (Wildman–Crippen MR) is 142 cm³/mol. The second kappa shape index (κ2) is 11.1. The number of nitrogens with one attached hydrogen (secondary N) is 1. The standard InChI is InChI=1S/C25H18Cl2N4O2S2/c1-14(23(32)31-25-30-22(13-34-25)16-5-9-19(26)20(27)11-16)35-24-17(12-28)6-10-21(29-24)15-3-7-18(33-2)8-4-15/h3-11,13-14H,1-2H3,(H,30,31,32). The van der Waals surface area contributed by atoms with Gasteiger partial charge in [-0.1, -0.05) is 41.0 Å². The Morgan fingerprint density at radius 3 is 2.49 bits per heavy atom. The number of amides is 1. The number of carbonyl (C=O) groups excluding carboxylic acids is 1. The minimum atomic E-state index is -0.516. The predicted octanol–water partition coefficient (Wildman–Crippen LogP) is 7.18. The third-order valence-corrected chi connectivity index (χ3v) is 7.57. The molecule has 35 heavy (non-hydrogen) atoms. The van der Waals surface area contributed by atoms with Gasteiger partial charge in [0.15, 0.2) is 5.13 Å². The molecule has 0 bridgehead atoms. The molecular weight excluding hydrogens is 523 g/mol. The van der Waals surface area contributed by atoms with Crippen molar-refractivity contribution in [3.05, 3.63) is 75.6 Å². The van der Waals surface area contributed by atoms with E-state index in [1.165, 1.54) is 23.1 Å². The number of ether oxygens (including phenoxy) is 1. The summed E-state index contributed by atoms with van der Waals surface area (Å²) in [6, 6.07) is 18.4. The SMILES string of the molecule is COc1ccc(-c2ccc(C#N)c(SC(C)C(=O)Nc3nc(-c4ccc(Cl)c(Cl)c4)cs3)n2)cc1. The lowest BCUT2D eigenvalue weighted by Gasteiger charge is -2.12. The first kappa shape index (κ1) is 25.0. The molecule has 0 aliphatic rings. The Labute approximate surface area is 220 Å². The number of thiazole rings is 1. The van der Waals surface area contributed by atoms with E-state index in [0.29, 0.717) is 37.2 Å². The van der Waals surface area contributed by atoms with Crippen molar-refractivity contribution in [3.63, 3.8) is 0 Å². The van der Waals surface area contributed by atoms with Crippen molar-refractivity contribution in [3.8, 4) is 34.3 Å². The van der Waals surface area contributed by atoms with Crippen molar-refractivity contribution in [1.82, 2.24) is 9.97 Å². The average molecular weight is 541 g/mol. The van der Waals surface area contributed by atoms with Gasteiger partial charge < -0.3 is 10.1 Å². The Bertz CT molecular complexity index is 1420. The number of hydrogen-bond donors (Lipinski definition) is 1. The quantitative estimate of drug-likeness (QED) is 0.250. The number of thioether (sulfide) groups is 1. The first-order chi connectivity index (χ1) is 16.9. The summed E-state index contributed by atoms with van der Waals surface area (Å²) in [5, 5.41) is 15.5. The fraction of sp³-hybridized carbons (Fsp3) is 0.120. The first-order valence-corrected chi connectivity index (χ1v) is 12.8. The number of rotatable bonds is 7. The molecule has 10 heteroatoms. The number of methoxy groups -OCH3 is 1. The monoisotopic (exact) mass is 540 g/mol. The van der Waals surface area contributed by atoms with Crippen LogP contribution in [0, 0.1) is 11.3 Å². The fourth-order valence-electron chi connectivity index (χ4n) is 3.09. The molecule has 6 nitrogen and oxygen atoms in total. The Morgan fingerprint density at radius 2 is 1.80 bits per heavy atom. The molecule has 1 unspecified atom stereocenters. The van der Waals surface area contributed by atoms with Gasteiger partial charge in [0.1, 0.15) is 16.8 Å². The van der Waals surface area contributed by atoms with Gasteiger partial charge in [-0.3, -0.25) is 4.79 Å². The summed E-state index contributed by atoms with van der Waals surface area (Å²) < 4.78 is 5.20. The zero-order chi connectivity index (χ0) is 24.9. The Morgan fingerprint density at radius 1 is 1.06 bits per heavy atom. The largest absolute Gasteiger partial charge is 0.497 e. The van der Waals surface area contributed by atoms with E-state index < -0.39 is 5.25 Å². The third-order valence-electron chi connectivity index (χ3n) is 4.97. The van der Waals surface area contributed by atoms with Crippen molar-refractivity contribution in [1.29, 1.82) is 5.26 Å². The van der Waals surface area contributed by atoms with Gasteiger partial charge in [0.05, 0.1) is 39.4 Å². The van der Waals surface area contributed by atoms with E-state index in [2.05, 4.69) is 21.4 Å². The minimum Gasteiger partial charge on any atom is -0.497 e. The molecule has 0 radical (unpaired) electrons. The summed E-state index contributed by atoms with van der Waals surface area (Å²) in [4.78, 5) is 22.0. The summed E-state index contributed by atoms with van der Waals surface area (Å²) >= 11 is 14.6. The van der Waals surface area contributed by atoms with Gasteiger partial charge in [-0.2, -0.15) is 5.26 Å². The van der Waals surface area contributed by atoms with Crippen LogP contribution < -0.4 is 10.1 Å². The average Bonchev–Trinajstić information content (AvgIpc) is 3.34. The molecule has 4 aromatic rings. The Kier molecular flexibility index (Phi) is 7.93. The zero-order valence-corrected chi connectivity index (χ0v) is 21.7. The first-order valence-electron chi connectivity index (χ1n) is 10.3. The van der Waals surface area contributed by atoms with E-state index in [-0.39, 0.29) is 5.91 Å². The van der Waals surface area contributed by atoms with E-state index >= 15 is 0 Å². The van der Waals surface area contributed by atoms with Crippen molar-refractivity contribution in [2.75, 3.05) is 12.4 Å². The van der Waals surface area contributed by atoms with Crippen LogP contribution in [0.25, 0.3) is 22.5 Å². The summed E-state index contributed by atoms with van der Waals surface area (Å²) in [5.74, 6) is 0.498. The van der Waals surface area contributed by atoms with Crippen LogP contribution in [0.4, 0.5) is 5.13 Å². The van der Waals surface area contributed by atoms with Gasteiger partial charge in [-0.25, -0.2) is 9.97 Å². The number of halogens is 2. The van der Waals surface area contributed by atoms with Crippen molar-refractivity contribution in [2.24, 2.45) is 0 Å². The number of carbonyl (C=O) groups is 1. The topological polar surface area (TPSA) is 87.9 Å². The number of hydrogen-bond acceptors (Lipinski definition) is 7.